The molecule has 0 saturated carbocycles. The van der Waals surface area contributed by atoms with Crippen molar-refractivity contribution in [2.24, 2.45) is 0 Å². The van der Waals surface area contributed by atoms with Crippen LogP contribution in [0, 0.1) is 0 Å². The molecule has 3 aliphatic carbocycles. The first kappa shape index (κ1) is 33.7. The molecule has 0 N–H and O–H groups in total. The highest BCUT2D eigenvalue weighted by Gasteiger charge is 2.36. The normalized spacial score (nSPS) is 15.8. The Bertz CT molecular complexity index is 2290. The largest absolute Gasteiger partial charge is 0.310 e. The molecule has 0 unspecified atom stereocenters. The van der Waals surface area contributed by atoms with E-state index in [1.807, 2.05) is 25.2 Å². The van der Waals surface area contributed by atoms with Crippen LogP contribution in [-0.4, -0.2) is 14.5 Å². The van der Waals surface area contributed by atoms with Gasteiger partial charge in [0.2, 0.25) is 0 Å². The van der Waals surface area contributed by atoms with Crippen LogP contribution in [0.3, 0.4) is 0 Å². The van der Waals surface area contributed by atoms with Gasteiger partial charge in [0.05, 0.1) is 17.1 Å². The van der Waals surface area contributed by atoms with E-state index >= 15 is 0 Å². The standard InChI is InChI=1S/C48H45N3/c1-7-20-41-39(9-3)43(21-8-2)51(42(41)10-4)38-27-19-26-35(31-38)36-28-29-40-37(30-36)32-48(5,6)44-45(33-22-15-11-12-16-23-33)49-47(50-46(40)44)34-24-17-13-14-18-25-34/h7-13,15-19,21-22,24-31H,1,3-4,14,20,23,32H2,2,5-6H3/b21-8-. The Kier molecular flexibility index (Phi) is 9.38. The molecular weight excluding hydrogens is 619 g/mol. The SMILES string of the molecule is C=CCc1c(C=C)c(/C=C\C)n(-c2cccc(-c3ccc4c(c3)CC(C)(C)c3c(C5=CC=CC=CC5)nc(C5=CC=CCC=C5)nc3-4)c2)c1C=C. The zero-order chi connectivity index (χ0) is 35.5. The van der Waals surface area contributed by atoms with E-state index in [9.17, 15) is 0 Å². The Labute approximate surface area is 303 Å². The second-order valence-electron chi connectivity index (χ2n) is 13.9. The van der Waals surface area contributed by atoms with Crippen molar-refractivity contribution in [2.75, 3.05) is 0 Å². The summed E-state index contributed by atoms with van der Waals surface area (Å²) >= 11 is 0. The predicted molar refractivity (Wildman–Crippen MR) is 219 cm³/mol. The van der Waals surface area contributed by atoms with E-state index in [4.69, 9.17) is 9.97 Å². The average Bonchev–Trinajstić information content (AvgIpc) is 3.42. The molecule has 3 heteroatoms. The number of hydrogen-bond donors (Lipinski definition) is 0. The van der Waals surface area contributed by atoms with E-state index in [0.717, 1.165) is 76.7 Å². The minimum atomic E-state index is -0.182. The van der Waals surface area contributed by atoms with E-state index < -0.39 is 0 Å². The maximum absolute atomic E-state index is 5.37. The van der Waals surface area contributed by atoms with Gasteiger partial charge in [-0.05, 0) is 90.1 Å². The molecule has 4 aromatic rings. The fourth-order valence-corrected chi connectivity index (χ4v) is 7.76. The third kappa shape index (κ3) is 6.25. The molecule has 252 valence electrons. The average molecular weight is 664 g/mol. The molecule has 2 heterocycles. The predicted octanol–water partition coefficient (Wildman–Crippen LogP) is 12.3. The molecule has 3 nitrogen and oxygen atoms in total. The number of rotatable bonds is 9. The summed E-state index contributed by atoms with van der Waals surface area (Å²) in [7, 11) is 0. The molecular formula is C48H45N3. The van der Waals surface area contributed by atoms with Gasteiger partial charge in [0.1, 0.15) is 0 Å². The van der Waals surface area contributed by atoms with Gasteiger partial charge in [0.25, 0.3) is 0 Å². The van der Waals surface area contributed by atoms with Crippen LogP contribution in [0.5, 0.6) is 0 Å². The van der Waals surface area contributed by atoms with E-state index in [0.29, 0.717) is 0 Å². The molecule has 0 bridgehead atoms. The fourth-order valence-electron chi connectivity index (χ4n) is 7.76. The van der Waals surface area contributed by atoms with Gasteiger partial charge in [-0.25, -0.2) is 9.97 Å². The third-order valence-electron chi connectivity index (χ3n) is 10.0. The summed E-state index contributed by atoms with van der Waals surface area (Å²) in [4.78, 5) is 10.7. The summed E-state index contributed by atoms with van der Waals surface area (Å²) < 4.78 is 2.29. The highest BCUT2D eigenvalue weighted by Crippen LogP contribution is 2.47. The zero-order valence-corrected chi connectivity index (χ0v) is 30.0. The second-order valence-corrected chi connectivity index (χ2v) is 13.9. The molecule has 0 fully saturated rings. The van der Waals surface area contributed by atoms with Crippen molar-refractivity contribution in [1.82, 2.24) is 14.5 Å². The molecule has 0 atom stereocenters. The summed E-state index contributed by atoms with van der Waals surface area (Å²) in [6.07, 6.45) is 34.9. The van der Waals surface area contributed by atoms with Crippen molar-refractivity contribution < 1.29 is 0 Å². The highest BCUT2D eigenvalue weighted by molar-refractivity contribution is 5.84. The monoisotopic (exact) mass is 663 g/mol. The van der Waals surface area contributed by atoms with E-state index in [-0.39, 0.29) is 5.41 Å². The van der Waals surface area contributed by atoms with Crippen molar-refractivity contribution in [3.8, 4) is 28.1 Å². The summed E-state index contributed by atoms with van der Waals surface area (Å²) in [5, 5.41) is 0. The lowest BCUT2D eigenvalue weighted by Gasteiger charge is -2.35. The van der Waals surface area contributed by atoms with E-state index in [1.54, 1.807) is 0 Å². The van der Waals surface area contributed by atoms with Crippen LogP contribution in [0.25, 0.3) is 57.4 Å². The molecule has 2 aromatic heterocycles. The quantitative estimate of drug-likeness (QED) is 0.167. The Hall–Kier alpha value is -5.80. The minimum absolute atomic E-state index is 0.182. The smallest absolute Gasteiger partial charge is 0.160 e. The lowest BCUT2D eigenvalue weighted by Crippen LogP contribution is -2.29. The summed E-state index contributed by atoms with van der Waals surface area (Å²) in [6, 6.07) is 15.7. The maximum atomic E-state index is 5.37. The molecule has 0 spiro atoms. The van der Waals surface area contributed by atoms with Crippen molar-refractivity contribution in [1.29, 1.82) is 0 Å². The molecule has 0 saturated heterocycles. The van der Waals surface area contributed by atoms with Crippen LogP contribution < -0.4 is 0 Å². The molecule has 0 radical (unpaired) electrons. The summed E-state index contributed by atoms with van der Waals surface area (Å²) in [5.41, 5.74) is 15.7. The van der Waals surface area contributed by atoms with Crippen LogP contribution >= 0.6 is 0 Å². The van der Waals surface area contributed by atoms with Gasteiger partial charge in [-0.15, -0.1) is 6.58 Å². The van der Waals surface area contributed by atoms with Crippen molar-refractivity contribution in [3.05, 3.63) is 180 Å². The lowest BCUT2D eigenvalue weighted by atomic mass is 9.70. The van der Waals surface area contributed by atoms with Crippen molar-refractivity contribution >= 4 is 29.4 Å². The molecule has 0 amide bonds. The molecule has 0 aliphatic heterocycles. The summed E-state index contributed by atoms with van der Waals surface area (Å²) in [5.74, 6) is 0.765. The molecule has 7 rings (SSSR count). The molecule has 2 aromatic carbocycles. The Morgan fingerprint density at radius 2 is 1.69 bits per heavy atom. The Morgan fingerprint density at radius 1 is 0.843 bits per heavy atom. The number of nitrogens with zero attached hydrogens (tertiary/aromatic N) is 3. The van der Waals surface area contributed by atoms with Gasteiger partial charge in [-0.2, -0.15) is 0 Å². The zero-order valence-electron chi connectivity index (χ0n) is 30.0. The number of allylic oxidation sites excluding steroid dienone is 14. The fraction of sp³-hybridized carbons (Fsp3) is 0.167. The van der Waals surface area contributed by atoms with Crippen LogP contribution in [0.15, 0.2) is 135 Å². The van der Waals surface area contributed by atoms with E-state index in [2.05, 4.69) is 154 Å². The highest BCUT2D eigenvalue weighted by atomic mass is 15.0. The maximum Gasteiger partial charge on any atom is 0.160 e. The lowest BCUT2D eigenvalue weighted by molar-refractivity contribution is 0.510. The van der Waals surface area contributed by atoms with Crippen LogP contribution in [0.4, 0.5) is 0 Å². The number of aromatic nitrogens is 3. The first-order chi connectivity index (χ1) is 24.9. The van der Waals surface area contributed by atoms with Gasteiger partial charge in [0.15, 0.2) is 5.82 Å². The van der Waals surface area contributed by atoms with E-state index in [1.165, 1.54) is 33.4 Å². The second kappa shape index (κ2) is 14.2. The van der Waals surface area contributed by atoms with Crippen molar-refractivity contribution in [3.63, 3.8) is 0 Å². The number of hydrogen-bond acceptors (Lipinski definition) is 2. The van der Waals surface area contributed by atoms with Gasteiger partial charge < -0.3 is 4.57 Å². The van der Waals surface area contributed by atoms with Gasteiger partial charge in [-0.3, -0.25) is 0 Å². The molecule has 3 aliphatic rings. The first-order valence-corrected chi connectivity index (χ1v) is 17.9. The number of benzene rings is 2. The van der Waals surface area contributed by atoms with Crippen LogP contribution in [0.2, 0.25) is 0 Å². The topological polar surface area (TPSA) is 30.7 Å². The third-order valence-corrected chi connectivity index (χ3v) is 10.0. The first-order valence-electron chi connectivity index (χ1n) is 17.9. The van der Waals surface area contributed by atoms with Crippen LogP contribution in [-0.2, 0) is 18.3 Å². The van der Waals surface area contributed by atoms with Crippen molar-refractivity contribution in [2.45, 2.75) is 51.9 Å². The van der Waals surface area contributed by atoms with Crippen LogP contribution in [0.1, 0.15) is 78.8 Å². The van der Waals surface area contributed by atoms with Gasteiger partial charge in [0, 0.05) is 33.6 Å². The van der Waals surface area contributed by atoms with Gasteiger partial charge >= 0.3 is 0 Å². The van der Waals surface area contributed by atoms with Gasteiger partial charge in [-0.1, -0.05) is 136 Å². The molecule has 51 heavy (non-hydrogen) atoms. The minimum Gasteiger partial charge on any atom is -0.310 e. The summed E-state index contributed by atoms with van der Waals surface area (Å²) in [6.45, 7) is 19.1. The number of fused-ring (bicyclic) bond motifs is 3. The Balaban J connectivity index is 1.39. The Morgan fingerprint density at radius 3 is 2.49 bits per heavy atom.